The van der Waals surface area contributed by atoms with Gasteiger partial charge in [0.1, 0.15) is 5.56 Å². The maximum absolute atomic E-state index is 12.7. The van der Waals surface area contributed by atoms with Crippen molar-refractivity contribution in [3.05, 3.63) is 111 Å². The van der Waals surface area contributed by atoms with Crippen LogP contribution in [0.25, 0.3) is 28.5 Å². The number of nitrogens with one attached hydrogen (secondary N) is 1. The molecule has 0 radical (unpaired) electrons. The molecule has 1 aromatic heterocycles. The van der Waals surface area contributed by atoms with Crippen molar-refractivity contribution in [3.63, 3.8) is 0 Å². The molecule has 0 atom stereocenters. The molecule has 0 fully saturated rings. The van der Waals surface area contributed by atoms with Crippen molar-refractivity contribution in [2.45, 2.75) is 0 Å². The fourth-order valence-electron chi connectivity index (χ4n) is 3.73. The monoisotopic (exact) mass is 407 g/mol. The highest BCUT2D eigenvalue weighted by molar-refractivity contribution is 6.21. The lowest BCUT2D eigenvalue weighted by Gasteiger charge is -2.14. The molecule has 1 aliphatic heterocycles. The molecule has 1 aliphatic rings. The molecule has 0 saturated carbocycles. The Bertz CT molecular complexity index is 1480. The van der Waals surface area contributed by atoms with Gasteiger partial charge in [0.15, 0.2) is 0 Å². The number of allylic oxidation sites excluding steroid dienone is 1. The van der Waals surface area contributed by atoms with Gasteiger partial charge in [-0.25, -0.2) is 9.36 Å². The SMILES string of the molecule is O=c1[nH]c(=O)n(-c2ccccc2-c2ccccc2)c(O)c1C=C1C=Nc2ccccc21. The molecule has 2 heterocycles. The number of benzene rings is 3. The van der Waals surface area contributed by atoms with Crippen LogP contribution in [-0.2, 0) is 0 Å². The van der Waals surface area contributed by atoms with E-state index in [0.29, 0.717) is 11.3 Å². The number of aromatic amines is 1. The second-order valence-electron chi connectivity index (χ2n) is 7.09. The lowest BCUT2D eigenvalue weighted by molar-refractivity contribution is 0.430. The predicted molar refractivity (Wildman–Crippen MR) is 122 cm³/mol. The zero-order valence-electron chi connectivity index (χ0n) is 16.3. The molecule has 0 saturated heterocycles. The molecule has 2 N–H and O–H groups in total. The Balaban J connectivity index is 1.73. The number of fused-ring (bicyclic) bond motifs is 1. The molecule has 0 bridgehead atoms. The molecule has 0 unspecified atom stereocenters. The molecule has 6 heteroatoms. The van der Waals surface area contributed by atoms with E-state index in [1.165, 1.54) is 0 Å². The van der Waals surface area contributed by atoms with E-state index in [0.717, 1.165) is 26.9 Å². The number of rotatable bonds is 3. The van der Waals surface area contributed by atoms with Crippen LogP contribution in [0.4, 0.5) is 5.69 Å². The van der Waals surface area contributed by atoms with Gasteiger partial charge in [-0.1, -0.05) is 66.7 Å². The van der Waals surface area contributed by atoms with Crippen LogP contribution in [0.1, 0.15) is 11.1 Å². The molecule has 0 amide bonds. The lowest BCUT2D eigenvalue weighted by Crippen LogP contribution is -2.30. The number of nitrogens with zero attached hydrogens (tertiary/aromatic N) is 2. The topological polar surface area (TPSA) is 87.5 Å². The van der Waals surface area contributed by atoms with Gasteiger partial charge in [-0.3, -0.25) is 14.8 Å². The Kier molecular flexibility index (Phi) is 4.45. The third-order valence-corrected chi connectivity index (χ3v) is 5.21. The average molecular weight is 407 g/mol. The summed E-state index contributed by atoms with van der Waals surface area (Å²) in [6, 6.07) is 24.3. The van der Waals surface area contributed by atoms with Gasteiger partial charge in [0.05, 0.1) is 11.4 Å². The fraction of sp³-hybridized carbons (Fsp3) is 0. The fourth-order valence-corrected chi connectivity index (χ4v) is 3.73. The van der Waals surface area contributed by atoms with Gasteiger partial charge in [-0.05, 0) is 23.8 Å². The highest BCUT2D eigenvalue weighted by Crippen LogP contribution is 2.33. The minimum atomic E-state index is -0.714. The number of aliphatic imine (C=N–C) groups is 1. The molecular weight excluding hydrogens is 390 g/mol. The van der Waals surface area contributed by atoms with Crippen molar-refractivity contribution in [2.75, 3.05) is 0 Å². The summed E-state index contributed by atoms with van der Waals surface area (Å²) in [4.78, 5) is 32.0. The van der Waals surface area contributed by atoms with Crippen molar-refractivity contribution in [3.8, 4) is 22.7 Å². The molecule has 6 nitrogen and oxygen atoms in total. The molecular formula is C25H17N3O3. The Hall–Kier alpha value is -4.45. The molecule has 31 heavy (non-hydrogen) atoms. The molecule has 0 aliphatic carbocycles. The van der Waals surface area contributed by atoms with Crippen molar-refractivity contribution in [2.24, 2.45) is 4.99 Å². The summed E-state index contributed by atoms with van der Waals surface area (Å²) < 4.78 is 1.12. The van der Waals surface area contributed by atoms with Crippen molar-refractivity contribution in [1.82, 2.24) is 9.55 Å². The van der Waals surface area contributed by atoms with E-state index in [1.54, 1.807) is 24.4 Å². The first-order valence-corrected chi connectivity index (χ1v) is 9.72. The van der Waals surface area contributed by atoms with Crippen LogP contribution in [-0.4, -0.2) is 20.9 Å². The maximum Gasteiger partial charge on any atom is 0.335 e. The van der Waals surface area contributed by atoms with E-state index in [4.69, 9.17) is 0 Å². The highest BCUT2D eigenvalue weighted by atomic mass is 16.3. The molecule has 0 spiro atoms. The van der Waals surface area contributed by atoms with Crippen LogP contribution in [0.2, 0.25) is 0 Å². The van der Waals surface area contributed by atoms with Crippen molar-refractivity contribution in [1.29, 1.82) is 0 Å². The molecule has 150 valence electrons. The van der Waals surface area contributed by atoms with Crippen LogP contribution in [0.15, 0.2) is 93.4 Å². The number of H-pyrrole nitrogens is 1. The Morgan fingerprint density at radius 1 is 0.839 bits per heavy atom. The first-order chi connectivity index (χ1) is 15.1. The second-order valence-corrected chi connectivity index (χ2v) is 7.09. The Morgan fingerprint density at radius 2 is 1.52 bits per heavy atom. The first kappa shape index (κ1) is 18.6. The average Bonchev–Trinajstić information content (AvgIpc) is 3.20. The summed E-state index contributed by atoms with van der Waals surface area (Å²) in [5.74, 6) is -0.428. The third-order valence-electron chi connectivity index (χ3n) is 5.21. The quantitative estimate of drug-likeness (QED) is 0.535. The van der Waals surface area contributed by atoms with Gasteiger partial charge in [-0.15, -0.1) is 0 Å². The molecule has 5 rings (SSSR count). The maximum atomic E-state index is 12.7. The zero-order chi connectivity index (χ0) is 21.4. The first-order valence-electron chi connectivity index (χ1n) is 9.72. The van der Waals surface area contributed by atoms with Gasteiger partial charge < -0.3 is 5.11 Å². The second kappa shape index (κ2) is 7.42. The minimum absolute atomic E-state index is 0.0133. The number of hydrogen-bond acceptors (Lipinski definition) is 4. The van der Waals surface area contributed by atoms with Gasteiger partial charge in [-0.2, -0.15) is 0 Å². The van der Waals surface area contributed by atoms with Gasteiger partial charge in [0, 0.05) is 22.9 Å². The van der Waals surface area contributed by atoms with Gasteiger partial charge >= 0.3 is 5.69 Å². The van der Waals surface area contributed by atoms with Crippen LogP contribution in [0, 0.1) is 0 Å². The number of aromatic hydroxyl groups is 1. The van der Waals surface area contributed by atoms with E-state index >= 15 is 0 Å². The predicted octanol–water partition coefficient (Wildman–Crippen LogP) is 4.15. The Morgan fingerprint density at radius 3 is 2.32 bits per heavy atom. The summed E-state index contributed by atoms with van der Waals surface area (Å²) in [7, 11) is 0. The van der Waals surface area contributed by atoms with E-state index in [9.17, 15) is 14.7 Å². The summed E-state index contributed by atoms with van der Waals surface area (Å²) >= 11 is 0. The third kappa shape index (κ3) is 3.20. The van der Waals surface area contributed by atoms with E-state index < -0.39 is 17.1 Å². The van der Waals surface area contributed by atoms with E-state index in [2.05, 4.69) is 9.98 Å². The smallest absolute Gasteiger partial charge is 0.335 e. The number of hydrogen-bond donors (Lipinski definition) is 2. The van der Waals surface area contributed by atoms with Crippen LogP contribution in [0.5, 0.6) is 5.88 Å². The Labute approximate surface area is 177 Å². The summed E-state index contributed by atoms with van der Waals surface area (Å²) in [5, 5.41) is 11.0. The minimum Gasteiger partial charge on any atom is -0.494 e. The van der Waals surface area contributed by atoms with Crippen molar-refractivity contribution < 1.29 is 5.11 Å². The van der Waals surface area contributed by atoms with E-state index in [1.807, 2.05) is 66.7 Å². The summed E-state index contributed by atoms with van der Waals surface area (Å²) in [6.45, 7) is 0. The van der Waals surface area contributed by atoms with Crippen molar-refractivity contribution >= 4 is 23.6 Å². The largest absolute Gasteiger partial charge is 0.494 e. The van der Waals surface area contributed by atoms with Gasteiger partial charge in [0.25, 0.3) is 5.56 Å². The van der Waals surface area contributed by atoms with Gasteiger partial charge in [0.2, 0.25) is 5.88 Å². The highest BCUT2D eigenvalue weighted by Gasteiger charge is 2.19. The lowest BCUT2D eigenvalue weighted by atomic mass is 10.0. The van der Waals surface area contributed by atoms with Crippen LogP contribution in [0.3, 0.4) is 0 Å². The van der Waals surface area contributed by atoms with E-state index in [-0.39, 0.29) is 5.56 Å². The normalized spacial score (nSPS) is 13.5. The van der Waals surface area contributed by atoms with Crippen LogP contribution < -0.4 is 11.2 Å². The van der Waals surface area contributed by atoms with Crippen LogP contribution >= 0.6 is 0 Å². The zero-order valence-corrected chi connectivity index (χ0v) is 16.3. The standard InChI is InChI=1S/C25H17N3O3/c29-23-20(14-17-15-26-21-12-6-4-10-18(17)21)24(30)28(25(31)27-23)22-13-7-5-11-19(22)16-8-2-1-3-9-16/h1-15,30H,(H,27,29,31). The number of para-hydroxylation sites is 2. The molecule has 4 aromatic rings. The number of aromatic nitrogens is 2. The molecule has 3 aromatic carbocycles. The summed E-state index contributed by atoms with van der Waals surface area (Å²) in [5.41, 5.74) is 3.02. The summed E-state index contributed by atoms with van der Waals surface area (Å²) in [6.07, 6.45) is 3.18.